The van der Waals surface area contributed by atoms with Gasteiger partial charge < -0.3 is 15.4 Å². The van der Waals surface area contributed by atoms with E-state index < -0.39 is 6.04 Å². The van der Waals surface area contributed by atoms with Crippen molar-refractivity contribution in [3.05, 3.63) is 63.6 Å². The summed E-state index contributed by atoms with van der Waals surface area (Å²) in [7, 11) is 1.56. The molecule has 2 N–H and O–H groups in total. The van der Waals surface area contributed by atoms with E-state index in [0.29, 0.717) is 21.4 Å². The normalized spacial score (nSPS) is 13.0. The standard InChI is InChI=1S/C21H24Cl2N2O3/c1-12(2)19(25-20(26)14-5-8-16(28-4)9-6-14)21(27)24-13(3)15-7-10-17(22)18(23)11-15/h5-13,19H,1-4H3,(H,24,27)(H,25,26). The Hall–Kier alpha value is -2.24. The van der Waals surface area contributed by atoms with E-state index in [9.17, 15) is 9.59 Å². The van der Waals surface area contributed by atoms with E-state index >= 15 is 0 Å². The SMILES string of the molecule is COc1ccc(C(=O)NC(C(=O)NC(C)c2ccc(Cl)c(Cl)c2)C(C)C)cc1. The van der Waals surface area contributed by atoms with E-state index in [-0.39, 0.29) is 23.8 Å². The second-order valence-corrected chi connectivity index (χ2v) is 7.64. The van der Waals surface area contributed by atoms with E-state index in [1.54, 1.807) is 49.6 Å². The predicted octanol–water partition coefficient (Wildman–Crippen LogP) is 4.63. The summed E-state index contributed by atoms with van der Waals surface area (Å²) < 4.78 is 5.09. The Balaban J connectivity index is 2.07. The highest BCUT2D eigenvalue weighted by atomic mass is 35.5. The van der Waals surface area contributed by atoms with Gasteiger partial charge in [-0.3, -0.25) is 9.59 Å². The maximum atomic E-state index is 12.8. The Kier molecular flexibility index (Phi) is 7.72. The lowest BCUT2D eigenvalue weighted by molar-refractivity contribution is -0.124. The topological polar surface area (TPSA) is 67.4 Å². The van der Waals surface area contributed by atoms with Crippen molar-refractivity contribution in [3.8, 4) is 5.75 Å². The van der Waals surface area contributed by atoms with Gasteiger partial charge in [0.15, 0.2) is 0 Å². The van der Waals surface area contributed by atoms with Crippen molar-refractivity contribution in [2.75, 3.05) is 7.11 Å². The highest BCUT2D eigenvalue weighted by Gasteiger charge is 2.26. The maximum Gasteiger partial charge on any atom is 0.251 e. The Morgan fingerprint density at radius 3 is 2.11 bits per heavy atom. The highest BCUT2D eigenvalue weighted by Crippen LogP contribution is 2.25. The van der Waals surface area contributed by atoms with E-state index in [2.05, 4.69) is 10.6 Å². The average Bonchev–Trinajstić information content (AvgIpc) is 2.67. The number of hydrogen-bond acceptors (Lipinski definition) is 3. The third-order valence-electron chi connectivity index (χ3n) is 4.39. The summed E-state index contributed by atoms with van der Waals surface area (Å²) in [5, 5.41) is 6.61. The van der Waals surface area contributed by atoms with Crippen LogP contribution in [0.3, 0.4) is 0 Å². The second-order valence-electron chi connectivity index (χ2n) is 6.83. The molecule has 2 atom stereocenters. The minimum atomic E-state index is -0.681. The van der Waals surface area contributed by atoms with Gasteiger partial charge in [-0.15, -0.1) is 0 Å². The lowest BCUT2D eigenvalue weighted by Crippen LogP contribution is -2.50. The monoisotopic (exact) mass is 422 g/mol. The number of methoxy groups -OCH3 is 1. The van der Waals surface area contributed by atoms with Crippen LogP contribution in [-0.4, -0.2) is 25.0 Å². The summed E-state index contributed by atoms with van der Waals surface area (Å²) in [6, 6.07) is 10.9. The molecular formula is C21H24Cl2N2O3. The molecule has 2 aromatic rings. The molecule has 0 radical (unpaired) electrons. The lowest BCUT2D eigenvalue weighted by Gasteiger charge is -2.24. The molecule has 150 valence electrons. The Morgan fingerprint density at radius 1 is 0.929 bits per heavy atom. The van der Waals surface area contributed by atoms with Gasteiger partial charge in [-0.2, -0.15) is 0 Å². The number of benzene rings is 2. The Labute approximate surface area is 175 Å². The number of amides is 2. The van der Waals surface area contributed by atoms with E-state index in [4.69, 9.17) is 27.9 Å². The molecule has 2 unspecified atom stereocenters. The molecule has 0 saturated carbocycles. The Bertz CT molecular complexity index is 838. The molecule has 0 fully saturated rings. The van der Waals surface area contributed by atoms with Gasteiger partial charge >= 0.3 is 0 Å². The molecule has 7 heteroatoms. The lowest BCUT2D eigenvalue weighted by atomic mass is 10.0. The number of nitrogens with one attached hydrogen (secondary N) is 2. The first-order valence-electron chi connectivity index (χ1n) is 8.93. The van der Waals surface area contributed by atoms with Crippen LogP contribution in [0.1, 0.15) is 42.7 Å². The van der Waals surface area contributed by atoms with E-state index in [1.807, 2.05) is 20.8 Å². The number of hydrogen-bond donors (Lipinski definition) is 2. The van der Waals surface area contributed by atoms with E-state index in [1.165, 1.54) is 0 Å². The molecule has 0 spiro atoms. The second kappa shape index (κ2) is 9.80. The van der Waals surface area contributed by atoms with Crippen molar-refractivity contribution >= 4 is 35.0 Å². The third-order valence-corrected chi connectivity index (χ3v) is 5.13. The van der Waals surface area contributed by atoms with Gasteiger partial charge in [0.1, 0.15) is 11.8 Å². The highest BCUT2D eigenvalue weighted by molar-refractivity contribution is 6.42. The van der Waals surface area contributed by atoms with Gasteiger partial charge in [-0.05, 0) is 54.8 Å². The fraction of sp³-hybridized carbons (Fsp3) is 0.333. The molecule has 0 saturated heterocycles. The van der Waals surface area contributed by atoms with Crippen LogP contribution >= 0.6 is 23.2 Å². The molecule has 0 aliphatic heterocycles. The summed E-state index contributed by atoms with van der Waals surface area (Å²) in [4.78, 5) is 25.3. The third kappa shape index (κ3) is 5.63. The van der Waals surface area contributed by atoms with Crippen molar-refractivity contribution in [1.29, 1.82) is 0 Å². The van der Waals surface area contributed by atoms with Crippen LogP contribution in [-0.2, 0) is 4.79 Å². The smallest absolute Gasteiger partial charge is 0.251 e. The van der Waals surface area contributed by atoms with E-state index in [0.717, 1.165) is 5.56 Å². The van der Waals surface area contributed by atoms with Gasteiger partial charge in [-0.25, -0.2) is 0 Å². The number of carbonyl (C=O) groups excluding carboxylic acids is 2. The van der Waals surface area contributed by atoms with Gasteiger partial charge in [0.05, 0.1) is 23.2 Å². The fourth-order valence-corrected chi connectivity index (χ4v) is 2.98. The molecule has 0 bridgehead atoms. The van der Waals surface area contributed by atoms with Gasteiger partial charge in [0, 0.05) is 5.56 Å². The molecule has 5 nitrogen and oxygen atoms in total. The molecular weight excluding hydrogens is 399 g/mol. The van der Waals surface area contributed by atoms with Crippen molar-refractivity contribution < 1.29 is 14.3 Å². The van der Waals surface area contributed by atoms with Gasteiger partial charge in [0.2, 0.25) is 5.91 Å². The maximum absolute atomic E-state index is 12.8. The summed E-state index contributed by atoms with van der Waals surface area (Å²) in [5.41, 5.74) is 1.28. The van der Waals surface area contributed by atoms with Gasteiger partial charge in [-0.1, -0.05) is 43.1 Å². The molecule has 0 aliphatic carbocycles. The zero-order valence-electron chi connectivity index (χ0n) is 16.3. The number of carbonyl (C=O) groups is 2. The predicted molar refractivity (Wildman–Crippen MR) is 112 cm³/mol. The summed E-state index contributed by atoms with van der Waals surface area (Å²) in [5.74, 6) is -0.0255. The summed E-state index contributed by atoms with van der Waals surface area (Å²) in [6.07, 6.45) is 0. The van der Waals surface area contributed by atoms with Crippen LogP contribution in [0.5, 0.6) is 5.75 Å². The molecule has 2 amide bonds. The van der Waals surface area contributed by atoms with Crippen molar-refractivity contribution in [3.63, 3.8) is 0 Å². The zero-order valence-corrected chi connectivity index (χ0v) is 17.8. The largest absolute Gasteiger partial charge is 0.497 e. The molecule has 2 aromatic carbocycles. The van der Waals surface area contributed by atoms with Crippen LogP contribution in [0.4, 0.5) is 0 Å². The van der Waals surface area contributed by atoms with Crippen molar-refractivity contribution in [2.24, 2.45) is 5.92 Å². The first-order chi connectivity index (χ1) is 13.2. The number of halogens is 2. The molecule has 0 heterocycles. The molecule has 0 aliphatic rings. The molecule has 28 heavy (non-hydrogen) atoms. The summed E-state index contributed by atoms with van der Waals surface area (Å²) >= 11 is 12.0. The fourth-order valence-electron chi connectivity index (χ4n) is 2.67. The summed E-state index contributed by atoms with van der Waals surface area (Å²) in [6.45, 7) is 5.60. The van der Waals surface area contributed by atoms with Crippen LogP contribution in [0.2, 0.25) is 10.0 Å². The van der Waals surface area contributed by atoms with Crippen LogP contribution in [0, 0.1) is 5.92 Å². The van der Waals surface area contributed by atoms with Crippen LogP contribution < -0.4 is 15.4 Å². The van der Waals surface area contributed by atoms with Crippen LogP contribution in [0.25, 0.3) is 0 Å². The average molecular weight is 423 g/mol. The van der Waals surface area contributed by atoms with Gasteiger partial charge in [0.25, 0.3) is 5.91 Å². The Morgan fingerprint density at radius 2 is 1.57 bits per heavy atom. The van der Waals surface area contributed by atoms with Crippen molar-refractivity contribution in [2.45, 2.75) is 32.9 Å². The minimum Gasteiger partial charge on any atom is -0.497 e. The quantitative estimate of drug-likeness (QED) is 0.682. The number of ether oxygens (including phenoxy) is 1. The number of rotatable bonds is 7. The molecule has 0 aromatic heterocycles. The first kappa shape index (κ1) is 22.1. The van der Waals surface area contributed by atoms with Crippen LogP contribution in [0.15, 0.2) is 42.5 Å². The van der Waals surface area contributed by atoms with Crippen molar-refractivity contribution in [1.82, 2.24) is 10.6 Å². The zero-order chi connectivity index (χ0) is 20.8. The minimum absolute atomic E-state index is 0.0943. The first-order valence-corrected chi connectivity index (χ1v) is 9.68. The molecule has 2 rings (SSSR count).